The van der Waals surface area contributed by atoms with Gasteiger partial charge in [-0.15, -0.1) is 0 Å². The Kier molecular flexibility index (Phi) is 6.06. The molecule has 3 amide bonds. The average Bonchev–Trinajstić information content (AvgIpc) is 2.56. The minimum Gasteiger partial charge on any atom is -0.358 e. The van der Waals surface area contributed by atoms with Crippen molar-refractivity contribution in [1.29, 1.82) is 0 Å². The van der Waals surface area contributed by atoms with Crippen LogP contribution < -0.4 is 10.6 Å². The summed E-state index contributed by atoms with van der Waals surface area (Å²) in [5.74, 6) is -1.03. The van der Waals surface area contributed by atoms with Gasteiger partial charge in [0.15, 0.2) is 9.84 Å². The lowest BCUT2D eigenvalue weighted by atomic mass is 10.1. The number of sulfone groups is 1. The Morgan fingerprint density at radius 2 is 1.88 bits per heavy atom. The molecule has 1 fully saturated rings. The van der Waals surface area contributed by atoms with E-state index in [9.17, 15) is 18.0 Å². The molecule has 1 saturated heterocycles. The highest BCUT2D eigenvalue weighted by Crippen LogP contribution is 2.23. The van der Waals surface area contributed by atoms with Crippen molar-refractivity contribution in [1.82, 2.24) is 10.2 Å². The number of hydrogen-bond acceptors (Lipinski definition) is 4. The number of rotatable bonds is 4. The van der Waals surface area contributed by atoms with Gasteiger partial charge in [-0.1, -0.05) is 23.7 Å². The molecule has 0 unspecified atom stereocenters. The SMILES string of the molecule is CNC(=O)CS(=O)(=O)C1CCN(C(=O)Nc2ccccc2Cl)CC1. The third-order valence-electron chi connectivity index (χ3n) is 3.96. The van der Waals surface area contributed by atoms with Gasteiger partial charge in [-0.25, -0.2) is 13.2 Å². The normalized spacial score (nSPS) is 15.8. The van der Waals surface area contributed by atoms with E-state index in [4.69, 9.17) is 11.6 Å². The maximum atomic E-state index is 12.2. The number of nitrogens with zero attached hydrogens (tertiary/aromatic N) is 1. The lowest BCUT2D eigenvalue weighted by molar-refractivity contribution is -0.118. The summed E-state index contributed by atoms with van der Waals surface area (Å²) in [5.41, 5.74) is 0.513. The zero-order chi connectivity index (χ0) is 17.7. The number of benzene rings is 1. The number of para-hydroxylation sites is 1. The molecule has 2 rings (SSSR count). The van der Waals surface area contributed by atoms with Crippen LogP contribution in [0, 0.1) is 0 Å². The first-order valence-corrected chi connectivity index (χ1v) is 9.65. The zero-order valence-corrected chi connectivity index (χ0v) is 14.9. The highest BCUT2D eigenvalue weighted by Gasteiger charge is 2.32. The number of nitrogens with one attached hydrogen (secondary N) is 2. The third kappa shape index (κ3) is 4.61. The van der Waals surface area contributed by atoms with Crippen LogP contribution in [-0.2, 0) is 14.6 Å². The fourth-order valence-electron chi connectivity index (χ4n) is 2.55. The van der Waals surface area contributed by atoms with Gasteiger partial charge in [0.25, 0.3) is 0 Å². The molecule has 0 aliphatic carbocycles. The van der Waals surface area contributed by atoms with E-state index >= 15 is 0 Å². The van der Waals surface area contributed by atoms with Crippen LogP contribution in [0.1, 0.15) is 12.8 Å². The smallest absolute Gasteiger partial charge is 0.321 e. The molecule has 0 radical (unpaired) electrons. The lowest BCUT2D eigenvalue weighted by Crippen LogP contribution is -2.45. The Morgan fingerprint density at radius 1 is 1.25 bits per heavy atom. The van der Waals surface area contributed by atoms with E-state index < -0.39 is 26.7 Å². The Morgan fingerprint density at radius 3 is 2.46 bits per heavy atom. The van der Waals surface area contributed by atoms with Crippen LogP contribution in [0.2, 0.25) is 5.02 Å². The zero-order valence-electron chi connectivity index (χ0n) is 13.3. The summed E-state index contributed by atoms with van der Waals surface area (Å²) in [6.07, 6.45) is 0.630. The van der Waals surface area contributed by atoms with Crippen LogP contribution in [0.5, 0.6) is 0 Å². The molecule has 9 heteroatoms. The first-order chi connectivity index (χ1) is 11.3. The minimum atomic E-state index is -3.50. The number of carbonyl (C=O) groups excluding carboxylic acids is 2. The van der Waals surface area contributed by atoms with E-state index in [0.717, 1.165) is 0 Å². The molecular formula is C15H20ClN3O4S. The van der Waals surface area contributed by atoms with Crippen LogP contribution in [0.4, 0.5) is 10.5 Å². The van der Waals surface area contributed by atoms with Gasteiger partial charge in [0.2, 0.25) is 5.91 Å². The predicted molar refractivity (Wildman–Crippen MR) is 92.9 cm³/mol. The summed E-state index contributed by atoms with van der Waals surface area (Å²) in [4.78, 5) is 25.1. The van der Waals surface area contributed by atoms with Crippen molar-refractivity contribution in [2.45, 2.75) is 18.1 Å². The maximum absolute atomic E-state index is 12.2. The Balaban J connectivity index is 1.91. The van der Waals surface area contributed by atoms with E-state index in [0.29, 0.717) is 36.6 Å². The number of carbonyl (C=O) groups is 2. The standard InChI is InChI=1S/C15H20ClN3O4S/c1-17-14(20)10-24(22,23)11-6-8-19(9-7-11)15(21)18-13-5-3-2-4-12(13)16/h2-5,11H,6-10H2,1H3,(H,17,20)(H,18,21). The summed E-state index contributed by atoms with van der Waals surface area (Å²) >= 11 is 6.00. The maximum Gasteiger partial charge on any atom is 0.321 e. The van der Waals surface area contributed by atoms with Crippen molar-refractivity contribution >= 4 is 39.1 Å². The molecule has 7 nitrogen and oxygen atoms in total. The van der Waals surface area contributed by atoms with Gasteiger partial charge >= 0.3 is 6.03 Å². The third-order valence-corrected chi connectivity index (χ3v) is 6.44. The fourth-order valence-corrected chi connectivity index (χ4v) is 4.41. The van der Waals surface area contributed by atoms with Gasteiger partial charge in [0, 0.05) is 20.1 Å². The summed E-state index contributed by atoms with van der Waals surface area (Å²) in [7, 11) is -2.10. The molecule has 2 N–H and O–H groups in total. The van der Waals surface area contributed by atoms with Gasteiger partial charge < -0.3 is 15.5 Å². The molecule has 24 heavy (non-hydrogen) atoms. The Bertz CT molecular complexity index is 715. The Labute approximate surface area is 146 Å². The van der Waals surface area contributed by atoms with E-state index in [1.165, 1.54) is 7.05 Å². The second-order valence-electron chi connectivity index (χ2n) is 5.58. The van der Waals surface area contributed by atoms with Crippen molar-refractivity contribution in [3.63, 3.8) is 0 Å². The first kappa shape index (κ1) is 18.5. The number of piperidine rings is 1. The van der Waals surface area contributed by atoms with Crippen LogP contribution in [-0.4, -0.2) is 56.4 Å². The molecule has 1 heterocycles. The molecule has 1 aliphatic heterocycles. The topological polar surface area (TPSA) is 95.6 Å². The summed E-state index contributed by atoms with van der Waals surface area (Å²) < 4.78 is 24.3. The van der Waals surface area contributed by atoms with Crippen LogP contribution in [0.25, 0.3) is 0 Å². The van der Waals surface area contributed by atoms with Crippen molar-refractivity contribution in [3.05, 3.63) is 29.3 Å². The van der Waals surface area contributed by atoms with Gasteiger partial charge in [-0.3, -0.25) is 4.79 Å². The lowest BCUT2D eigenvalue weighted by Gasteiger charge is -2.31. The largest absolute Gasteiger partial charge is 0.358 e. The van der Waals surface area contributed by atoms with E-state index in [-0.39, 0.29) is 6.03 Å². The molecule has 1 aromatic rings. The van der Waals surface area contributed by atoms with Gasteiger partial charge in [0.1, 0.15) is 5.75 Å². The first-order valence-electron chi connectivity index (χ1n) is 7.56. The van der Waals surface area contributed by atoms with Crippen molar-refractivity contribution < 1.29 is 18.0 Å². The molecule has 0 atom stereocenters. The number of urea groups is 1. The molecule has 0 bridgehead atoms. The quantitative estimate of drug-likeness (QED) is 0.835. The highest BCUT2D eigenvalue weighted by molar-refractivity contribution is 7.92. The second kappa shape index (κ2) is 7.85. The van der Waals surface area contributed by atoms with Crippen LogP contribution in [0.3, 0.4) is 0 Å². The van der Waals surface area contributed by atoms with Crippen molar-refractivity contribution in [3.8, 4) is 0 Å². The molecule has 1 aromatic carbocycles. The van der Waals surface area contributed by atoms with Crippen LogP contribution >= 0.6 is 11.6 Å². The molecular weight excluding hydrogens is 354 g/mol. The van der Waals surface area contributed by atoms with E-state index in [1.807, 2.05) is 0 Å². The average molecular weight is 374 g/mol. The van der Waals surface area contributed by atoms with Gasteiger partial charge in [0.05, 0.1) is 16.0 Å². The fraction of sp³-hybridized carbons (Fsp3) is 0.467. The van der Waals surface area contributed by atoms with E-state index in [2.05, 4.69) is 10.6 Å². The molecule has 1 aliphatic rings. The van der Waals surface area contributed by atoms with Crippen LogP contribution in [0.15, 0.2) is 24.3 Å². The monoisotopic (exact) mass is 373 g/mol. The second-order valence-corrected chi connectivity index (χ2v) is 8.27. The molecule has 0 saturated carbocycles. The van der Waals surface area contributed by atoms with Crippen molar-refractivity contribution in [2.75, 3.05) is 31.2 Å². The number of amides is 3. The van der Waals surface area contributed by atoms with Crippen molar-refractivity contribution in [2.24, 2.45) is 0 Å². The molecule has 0 spiro atoms. The molecule has 0 aromatic heterocycles. The van der Waals surface area contributed by atoms with E-state index in [1.54, 1.807) is 29.2 Å². The summed E-state index contributed by atoms with van der Waals surface area (Å²) in [5, 5.41) is 4.87. The predicted octanol–water partition coefficient (Wildman–Crippen LogP) is 1.50. The van der Waals surface area contributed by atoms with Gasteiger partial charge in [-0.05, 0) is 25.0 Å². The Hall–Kier alpha value is -1.80. The summed E-state index contributed by atoms with van der Waals surface area (Å²) in [6, 6.07) is 6.58. The number of halogens is 1. The highest BCUT2D eigenvalue weighted by atomic mass is 35.5. The number of hydrogen-bond donors (Lipinski definition) is 2. The minimum absolute atomic E-state index is 0.313. The number of anilines is 1. The molecule has 132 valence electrons. The number of likely N-dealkylation sites (tertiary alicyclic amines) is 1. The summed E-state index contributed by atoms with van der Waals surface area (Å²) in [6.45, 7) is 0.627. The van der Waals surface area contributed by atoms with Gasteiger partial charge in [-0.2, -0.15) is 0 Å².